The van der Waals surface area contributed by atoms with Gasteiger partial charge in [0.25, 0.3) is 0 Å². The fourth-order valence-electron chi connectivity index (χ4n) is 4.31. The van der Waals surface area contributed by atoms with Crippen molar-refractivity contribution in [2.75, 3.05) is 19.5 Å². The summed E-state index contributed by atoms with van der Waals surface area (Å²) in [6.07, 6.45) is 22.8. The molecule has 2 unspecified atom stereocenters. The van der Waals surface area contributed by atoms with E-state index in [-0.39, 0.29) is 77.8 Å². The average Bonchev–Trinajstić information content (AvgIpc) is 3.28. The Balaban J connectivity index is 0.00000722. The van der Waals surface area contributed by atoms with Crippen molar-refractivity contribution in [3.05, 3.63) is 12.2 Å². The van der Waals surface area contributed by atoms with Crippen LogP contribution in [0.5, 0.6) is 0 Å². The molecule has 2 N–H and O–H groups in total. The number of allylic oxidation sites excluding steroid dienone is 2. The first-order valence-electron chi connectivity index (χ1n) is 13.8. The Morgan fingerprint density at radius 3 is 2.28 bits per heavy atom. The Hall–Kier alpha value is 0.290. The summed E-state index contributed by atoms with van der Waals surface area (Å²) in [6, 6.07) is -0.411. The molecule has 0 aliphatic carbocycles. The molecular weight excluding hydrogens is 539 g/mol. The zero-order valence-electron chi connectivity index (χ0n) is 24.3. The van der Waals surface area contributed by atoms with Crippen LogP contribution in [-0.2, 0) is 9.53 Å². The van der Waals surface area contributed by atoms with E-state index in [1.165, 1.54) is 64.1 Å². The molecule has 13 heteroatoms. The second-order valence-electron chi connectivity index (χ2n) is 9.70. The number of amides is 1. The second kappa shape index (κ2) is 23.8. The van der Waals surface area contributed by atoms with Crippen LogP contribution in [0.25, 0.3) is 0 Å². The number of unbranched alkanes of at least 4 members (excludes halogenated alkanes) is 11. The minimum atomic E-state index is -4.43. The quantitative estimate of drug-likeness (QED) is 0.0679. The molecule has 39 heavy (non-hydrogen) atoms. The number of nitrogens with zero attached hydrogens (tertiary/aromatic N) is 4. The van der Waals surface area contributed by atoms with Gasteiger partial charge in [0.2, 0.25) is 5.91 Å². The van der Waals surface area contributed by atoms with Gasteiger partial charge in [-0.1, -0.05) is 70.4 Å². The van der Waals surface area contributed by atoms with E-state index in [1.54, 1.807) is 11.2 Å². The first-order chi connectivity index (χ1) is 17.9. The molecule has 2 aliphatic rings. The SMILES string of the molecule is CCCCCCCC/C=C\CCCCCCCC(=O)NC1=NC=NC2C1N=CN2CCOC[P+]([O-])([O-])O.[Na+].[Na+]. The maximum Gasteiger partial charge on any atom is 1.00 e. The molecule has 0 fully saturated rings. The van der Waals surface area contributed by atoms with E-state index in [9.17, 15) is 14.6 Å². The number of hydrogen-bond donors (Lipinski definition) is 2. The summed E-state index contributed by atoms with van der Waals surface area (Å²) in [5, 5.41) is 2.88. The van der Waals surface area contributed by atoms with E-state index in [0.717, 1.165) is 25.7 Å². The summed E-state index contributed by atoms with van der Waals surface area (Å²) in [5.74, 6) is 0.397. The van der Waals surface area contributed by atoms with Crippen LogP contribution < -0.4 is 74.2 Å². The van der Waals surface area contributed by atoms with Crippen molar-refractivity contribution in [1.82, 2.24) is 10.2 Å². The number of fused-ring (bicyclic) bond motifs is 1. The molecule has 0 spiro atoms. The third-order valence-corrected chi connectivity index (χ3v) is 6.88. The summed E-state index contributed by atoms with van der Waals surface area (Å²) in [6.45, 7) is 2.69. The number of aliphatic imine (C=N–C) groups is 3. The molecule has 0 bridgehead atoms. The van der Waals surface area contributed by atoms with Crippen molar-refractivity contribution < 1.29 is 83.3 Å². The van der Waals surface area contributed by atoms with Gasteiger partial charge in [-0.25, -0.2) is 9.98 Å². The summed E-state index contributed by atoms with van der Waals surface area (Å²) >= 11 is 0. The molecular formula is C26H45N5Na2O5P+. The molecule has 0 radical (unpaired) electrons. The van der Waals surface area contributed by atoms with Gasteiger partial charge in [-0.2, -0.15) is 0 Å². The minimum absolute atomic E-state index is 0. The number of rotatable bonds is 20. The standard InChI is InChI=1S/C26H46N5O5P.2Na/c1-2-3-4-5-6-7-8-9-10-11-12-13-14-15-16-17-23(32)30-25-24-26(28-20-27-25)31(21-29-24)18-19-36-22-37(33,34)35;;/h9-10,20-21,24,26H,2-8,11-19,22H2,1H3,(H2,33,34,35)(H,27,28,30,32);;/q;2*+1/p-1/b10-9-;;. The van der Waals surface area contributed by atoms with Crippen LogP contribution in [0, 0.1) is 0 Å². The van der Waals surface area contributed by atoms with Crippen LogP contribution in [0.15, 0.2) is 27.1 Å². The molecule has 0 aromatic carbocycles. The van der Waals surface area contributed by atoms with Gasteiger partial charge in [-0.3, -0.25) is 14.7 Å². The Morgan fingerprint density at radius 2 is 1.64 bits per heavy atom. The zero-order chi connectivity index (χ0) is 26.8. The van der Waals surface area contributed by atoms with E-state index in [2.05, 4.69) is 39.4 Å². The van der Waals surface area contributed by atoms with Crippen molar-refractivity contribution >= 4 is 32.4 Å². The molecule has 0 saturated heterocycles. The van der Waals surface area contributed by atoms with E-state index in [0.29, 0.717) is 18.8 Å². The van der Waals surface area contributed by atoms with E-state index >= 15 is 0 Å². The Bertz CT molecular complexity index is 780. The van der Waals surface area contributed by atoms with Gasteiger partial charge < -0.3 is 24.7 Å². The van der Waals surface area contributed by atoms with Gasteiger partial charge in [0.05, 0.1) is 20.9 Å². The predicted molar refractivity (Wildman–Crippen MR) is 146 cm³/mol. The van der Waals surface area contributed by atoms with Crippen LogP contribution in [0.3, 0.4) is 0 Å². The van der Waals surface area contributed by atoms with Crippen LogP contribution in [0.1, 0.15) is 96.8 Å². The van der Waals surface area contributed by atoms with Crippen LogP contribution in [-0.4, -0.2) is 65.9 Å². The predicted octanol–water partition coefficient (Wildman–Crippen LogP) is -2.92. The van der Waals surface area contributed by atoms with Crippen molar-refractivity contribution in [3.8, 4) is 0 Å². The first kappa shape index (κ1) is 39.3. The zero-order valence-corrected chi connectivity index (χ0v) is 29.2. The van der Waals surface area contributed by atoms with Gasteiger partial charge >= 0.3 is 59.1 Å². The number of hydrogen-bond acceptors (Lipinski definition) is 9. The number of nitrogens with one attached hydrogen (secondary N) is 1. The van der Waals surface area contributed by atoms with E-state index in [1.807, 2.05) is 0 Å². The Morgan fingerprint density at radius 1 is 1.03 bits per heavy atom. The van der Waals surface area contributed by atoms with Crippen molar-refractivity contribution in [2.24, 2.45) is 15.0 Å². The smallest absolute Gasteiger partial charge is 0.658 e. The molecule has 2 rings (SSSR count). The molecule has 0 saturated carbocycles. The first-order valence-corrected chi connectivity index (χ1v) is 15.6. The number of amidine groups is 1. The summed E-state index contributed by atoms with van der Waals surface area (Å²) < 4.78 is 4.97. The average molecular weight is 585 g/mol. The van der Waals surface area contributed by atoms with Gasteiger partial charge in [0.1, 0.15) is 18.2 Å². The van der Waals surface area contributed by atoms with Gasteiger partial charge in [-0.05, 0) is 32.1 Å². The van der Waals surface area contributed by atoms with Gasteiger partial charge in [-0.15, -0.1) is 0 Å². The summed E-state index contributed by atoms with van der Waals surface area (Å²) in [5.41, 5.74) is 0. The maximum atomic E-state index is 12.4. The molecule has 0 aromatic heterocycles. The van der Waals surface area contributed by atoms with E-state index < -0.39 is 20.3 Å². The van der Waals surface area contributed by atoms with E-state index in [4.69, 9.17) is 9.63 Å². The number of ether oxygens (including phenoxy) is 1. The second-order valence-corrected chi connectivity index (χ2v) is 11.2. The fourth-order valence-corrected chi connectivity index (χ4v) is 4.67. The normalized spacial score (nSPS) is 18.1. The molecule has 1 amide bonds. The summed E-state index contributed by atoms with van der Waals surface area (Å²) in [7, 11) is -4.43. The monoisotopic (exact) mass is 584 g/mol. The Kier molecular flexibility index (Phi) is 24.0. The molecule has 0 aromatic rings. The largest absolute Gasteiger partial charge is 1.00 e. The minimum Gasteiger partial charge on any atom is -0.658 e. The molecule has 2 heterocycles. The van der Waals surface area contributed by atoms with Gasteiger partial charge in [0.15, 0.2) is 12.5 Å². The third kappa shape index (κ3) is 18.4. The third-order valence-electron chi connectivity index (χ3n) is 6.38. The number of carbonyl (C=O) groups is 1. The summed E-state index contributed by atoms with van der Waals surface area (Å²) in [4.78, 5) is 57.4. The van der Waals surface area contributed by atoms with Crippen molar-refractivity contribution in [2.45, 2.75) is 109 Å². The molecule has 210 valence electrons. The Labute approximate surface area is 279 Å². The maximum absolute atomic E-state index is 12.4. The molecule has 2 atom stereocenters. The van der Waals surface area contributed by atoms with Crippen LogP contribution in [0.2, 0.25) is 0 Å². The number of carbonyl (C=O) groups excluding carboxylic acids is 1. The molecule has 2 aliphatic heterocycles. The fraction of sp³-hybridized carbons (Fsp3) is 0.769. The van der Waals surface area contributed by atoms with Gasteiger partial charge in [0, 0.05) is 13.0 Å². The van der Waals surface area contributed by atoms with Crippen LogP contribution >= 0.6 is 7.94 Å². The van der Waals surface area contributed by atoms with Crippen molar-refractivity contribution in [3.63, 3.8) is 0 Å². The van der Waals surface area contributed by atoms with Crippen molar-refractivity contribution in [1.29, 1.82) is 0 Å². The molecule has 10 nitrogen and oxygen atoms in total. The topological polar surface area (TPSA) is 145 Å². The van der Waals surface area contributed by atoms with Crippen LogP contribution in [0.4, 0.5) is 0 Å².